The predicted molar refractivity (Wildman–Crippen MR) is 57.4 cm³/mol. The number of hydrogen-bond acceptors (Lipinski definition) is 0. The van der Waals surface area contributed by atoms with Gasteiger partial charge >= 0.3 is 0 Å². The zero-order valence-corrected chi connectivity index (χ0v) is 9.19. The minimum absolute atomic E-state index is 0.798. The monoisotopic (exact) mass is 168 g/mol. The van der Waals surface area contributed by atoms with E-state index in [1.165, 1.54) is 32.1 Å². The van der Waals surface area contributed by atoms with Gasteiger partial charge in [-0.15, -0.1) is 0 Å². The molecule has 0 aromatic rings. The van der Waals surface area contributed by atoms with Gasteiger partial charge in [0.15, 0.2) is 0 Å². The standard InChI is InChI=1S/C12H24/c1-5-8-9-10-12(7-3)11(4)6-2/h10-11H,5-9H2,1-4H3. The number of hydrogen-bond donors (Lipinski definition) is 0. The molecule has 12 heavy (non-hydrogen) atoms. The van der Waals surface area contributed by atoms with Crippen LogP contribution in [-0.4, -0.2) is 0 Å². The van der Waals surface area contributed by atoms with Crippen molar-refractivity contribution in [2.75, 3.05) is 0 Å². The third kappa shape index (κ3) is 4.58. The summed E-state index contributed by atoms with van der Waals surface area (Å²) in [5.41, 5.74) is 1.66. The molecular formula is C12H24. The number of allylic oxidation sites excluding steroid dienone is 2. The molecule has 0 bridgehead atoms. The molecule has 0 aliphatic carbocycles. The fraction of sp³-hybridized carbons (Fsp3) is 0.833. The average Bonchev–Trinajstić information content (AvgIpc) is 2.11. The summed E-state index contributed by atoms with van der Waals surface area (Å²) in [7, 11) is 0. The molecule has 0 amide bonds. The summed E-state index contributed by atoms with van der Waals surface area (Å²) < 4.78 is 0. The topological polar surface area (TPSA) is 0 Å². The number of unbranched alkanes of at least 4 members (excludes halogenated alkanes) is 2. The fourth-order valence-corrected chi connectivity index (χ4v) is 1.45. The third-order valence-electron chi connectivity index (χ3n) is 2.62. The van der Waals surface area contributed by atoms with Crippen LogP contribution in [0.25, 0.3) is 0 Å². The van der Waals surface area contributed by atoms with Gasteiger partial charge in [0.25, 0.3) is 0 Å². The minimum atomic E-state index is 0.798. The van der Waals surface area contributed by atoms with E-state index in [9.17, 15) is 0 Å². The maximum absolute atomic E-state index is 2.46. The van der Waals surface area contributed by atoms with Crippen LogP contribution in [0.2, 0.25) is 0 Å². The Labute approximate surface area is 78.1 Å². The normalized spacial score (nSPS) is 14.8. The minimum Gasteiger partial charge on any atom is -0.0851 e. The first kappa shape index (κ1) is 11.7. The van der Waals surface area contributed by atoms with Gasteiger partial charge in [0.2, 0.25) is 0 Å². The molecule has 0 saturated heterocycles. The Hall–Kier alpha value is -0.260. The van der Waals surface area contributed by atoms with Crippen LogP contribution in [-0.2, 0) is 0 Å². The molecule has 0 radical (unpaired) electrons. The molecule has 0 heterocycles. The van der Waals surface area contributed by atoms with Crippen molar-refractivity contribution in [1.82, 2.24) is 0 Å². The van der Waals surface area contributed by atoms with Crippen LogP contribution in [0.15, 0.2) is 11.6 Å². The van der Waals surface area contributed by atoms with Crippen molar-refractivity contribution in [3.8, 4) is 0 Å². The van der Waals surface area contributed by atoms with Gasteiger partial charge in [-0.1, -0.05) is 52.2 Å². The van der Waals surface area contributed by atoms with E-state index < -0.39 is 0 Å². The maximum Gasteiger partial charge on any atom is -0.0234 e. The van der Waals surface area contributed by atoms with Gasteiger partial charge in [-0.25, -0.2) is 0 Å². The van der Waals surface area contributed by atoms with Crippen molar-refractivity contribution in [3.63, 3.8) is 0 Å². The van der Waals surface area contributed by atoms with Crippen LogP contribution >= 0.6 is 0 Å². The summed E-state index contributed by atoms with van der Waals surface area (Å²) in [6.45, 7) is 9.13. The van der Waals surface area contributed by atoms with Crippen LogP contribution in [0.5, 0.6) is 0 Å². The Morgan fingerprint density at radius 3 is 2.33 bits per heavy atom. The Kier molecular flexibility index (Phi) is 7.23. The fourth-order valence-electron chi connectivity index (χ4n) is 1.45. The van der Waals surface area contributed by atoms with E-state index in [0.717, 1.165) is 5.92 Å². The van der Waals surface area contributed by atoms with E-state index >= 15 is 0 Å². The zero-order chi connectivity index (χ0) is 9.40. The van der Waals surface area contributed by atoms with Crippen molar-refractivity contribution in [3.05, 3.63) is 11.6 Å². The molecule has 72 valence electrons. The second-order valence-electron chi connectivity index (χ2n) is 3.58. The highest BCUT2D eigenvalue weighted by Crippen LogP contribution is 2.18. The summed E-state index contributed by atoms with van der Waals surface area (Å²) in [6.07, 6.45) is 8.92. The number of rotatable bonds is 6. The first-order valence-corrected chi connectivity index (χ1v) is 5.45. The summed E-state index contributed by atoms with van der Waals surface area (Å²) >= 11 is 0. The maximum atomic E-state index is 2.46. The Bertz CT molecular complexity index is 122. The van der Waals surface area contributed by atoms with Gasteiger partial charge in [-0.2, -0.15) is 0 Å². The van der Waals surface area contributed by atoms with Crippen molar-refractivity contribution < 1.29 is 0 Å². The molecular weight excluding hydrogens is 144 g/mol. The van der Waals surface area contributed by atoms with E-state index in [1.54, 1.807) is 5.57 Å². The lowest BCUT2D eigenvalue weighted by molar-refractivity contribution is 0.626. The largest absolute Gasteiger partial charge is 0.0851 e. The Morgan fingerprint density at radius 2 is 1.92 bits per heavy atom. The molecule has 1 unspecified atom stereocenters. The highest BCUT2D eigenvalue weighted by Gasteiger charge is 2.02. The lowest BCUT2D eigenvalue weighted by Gasteiger charge is -2.11. The van der Waals surface area contributed by atoms with Gasteiger partial charge < -0.3 is 0 Å². The third-order valence-corrected chi connectivity index (χ3v) is 2.62. The van der Waals surface area contributed by atoms with E-state index in [2.05, 4.69) is 33.8 Å². The van der Waals surface area contributed by atoms with Gasteiger partial charge in [-0.3, -0.25) is 0 Å². The van der Waals surface area contributed by atoms with E-state index in [4.69, 9.17) is 0 Å². The van der Waals surface area contributed by atoms with Crippen LogP contribution in [0.3, 0.4) is 0 Å². The quantitative estimate of drug-likeness (QED) is 0.403. The molecule has 1 atom stereocenters. The molecule has 0 aliphatic rings. The summed E-state index contributed by atoms with van der Waals surface area (Å²) in [4.78, 5) is 0. The first-order valence-electron chi connectivity index (χ1n) is 5.45. The van der Waals surface area contributed by atoms with Gasteiger partial charge in [0.1, 0.15) is 0 Å². The van der Waals surface area contributed by atoms with E-state index in [1.807, 2.05) is 0 Å². The highest BCUT2D eigenvalue weighted by molar-refractivity contribution is 5.04. The van der Waals surface area contributed by atoms with Crippen LogP contribution in [0.4, 0.5) is 0 Å². The SMILES string of the molecule is CCCCC=C(CC)C(C)CC. The Balaban J connectivity index is 3.86. The summed E-state index contributed by atoms with van der Waals surface area (Å²) in [5.74, 6) is 0.798. The predicted octanol–water partition coefficient (Wildman–Crippen LogP) is 4.56. The molecule has 0 spiro atoms. The molecule has 0 aliphatic heterocycles. The van der Waals surface area contributed by atoms with Crippen LogP contribution in [0.1, 0.15) is 59.8 Å². The van der Waals surface area contributed by atoms with Crippen molar-refractivity contribution in [2.24, 2.45) is 5.92 Å². The molecule has 0 aromatic carbocycles. The molecule has 0 rings (SSSR count). The molecule has 0 nitrogen and oxygen atoms in total. The lowest BCUT2D eigenvalue weighted by Crippen LogP contribution is -1.96. The summed E-state index contributed by atoms with van der Waals surface area (Å²) in [5, 5.41) is 0. The second-order valence-corrected chi connectivity index (χ2v) is 3.58. The molecule has 0 fully saturated rings. The molecule has 0 aromatic heterocycles. The molecule has 0 N–H and O–H groups in total. The van der Waals surface area contributed by atoms with Gasteiger partial charge in [0, 0.05) is 0 Å². The smallest absolute Gasteiger partial charge is 0.0234 e. The van der Waals surface area contributed by atoms with Crippen LogP contribution in [0, 0.1) is 5.92 Å². The average molecular weight is 168 g/mol. The van der Waals surface area contributed by atoms with Gasteiger partial charge in [-0.05, 0) is 25.2 Å². The van der Waals surface area contributed by atoms with Crippen LogP contribution < -0.4 is 0 Å². The van der Waals surface area contributed by atoms with E-state index in [-0.39, 0.29) is 0 Å². The first-order chi connectivity index (χ1) is 5.76. The molecule has 0 heteroatoms. The second kappa shape index (κ2) is 7.39. The van der Waals surface area contributed by atoms with Crippen molar-refractivity contribution in [2.45, 2.75) is 59.8 Å². The highest BCUT2D eigenvalue weighted by atomic mass is 14.1. The van der Waals surface area contributed by atoms with Crippen molar-refractivity contribution in [1.29, 1.82) is 0 Å². The lowest BCUT2D eigenvalue weighted by atomic mass is 9.95. The zero-order valence-electron chi connectivity index (χ0n) is 9.19. The van der Waals surface area contributed by atoms with Crippen molar-refractivity contribution >= 4 is 0 Å². The van der Waals surface area contributed by atoms with E-state index in [0.29, 0.717) is 0 Å². The summed E-state index contributed by atoms with van der Waals surface area (Å²) in [6, 6.07) is 0. The van der Waals surface area contributed by atoms with Gasteiger partial charge in [0.05, 0.1) is 0 Å². The molecule has 0 saturated carbocycles. The Morgan fingerprint density at radius 1 is 1.25 bits per heavy atom.